The topological polar surface area (TPSA) is 148 Å². The summed E-state index contributed by atoms with van der Waals surface area (Å²) in [5, 5.41) is 28.7. The molecule has 0 unspecified atom stereocenters. The number of aromatic nitrogens is 2. The van der Waals surface area contributed by atoms with Crippen LogP contribution >= 0.6 is 11.6 Å². The molecule has 4 atom stereocenters. The van der Waals surface area contributed by atoms with Gasteiger partial charge in [-0.15, -0.1) is 0 Å². The summed E-state index contributed by atoms with van der Waals surface area (Å²) in [7, 11) is 0. The molecule has 0 aromatic carbocycles. The molecule has 1 aromatic rings. The first kappa shape index (κ1) is 16.8. The van der Waals surface area contributed by atoms with Gasteiger partial charge in [-0.05, 0) is 6.92 Å². The highest BCUT2D eigenvalue weighted by molar-refractivity contribution is 6.32. The van der Waals surface area contributed by atoms with Crippen LogP contribution in [-0.4, -0.2) is 62.7 Å². The molecule has 2 rings (SSSR count). The summed E-state index contributed by atoms with van der Waals surface area (Å²) in [6.07, 6.45) is -4.84. The molecule has 0 radical (unpaired) electrons. The number of nitrogens with zero attached hydrogens (tertiary/aromatic N) is 2. The van der Waals surface area contributed by atoms with Crippen molar-refractivity contribution in [3.63, 3.8) is 0 Å². The quantitative estimate of drug-likeness (QED) is 0.524. The zero-order valence-corrected chi connectivity index (χ0v) is 12.4. The normalized spacial score (nSPS) is 27.9. The van der Waals surface area contributed by atoms with Gasteiger partial charge in [0.15, 0.2) is 10.8 Å². The highest BCUT2D eigenvalue weighted by Crippen LogP contribution is 2.37. The van der Waals surface area contributed by atoms with Crippen molar-refractivity contribution in [1.82, 2.24) is 9.97 Å². The summed E-state index contributed by atoms with van der Waals surface area (Å²) in [6.45, 7) is 1.42. The Hall–Kier alpha value is -1.52. The maximum atomic E-state index is 11.3. The molecule has 0 aliphatic carbocycles. The monoisotopic (exact) mass is 333 g/mol. The van der Waals surface area contributed by atoms with E-state index in [0.29, 0.717) is 0 Å². The molecule has 1 fully saturated rings. The molecule has 1 saturated heterocycles. The van der Waals surface area contributed by atoms with Crippen molar-refractivity contribution in [2.45, 2.75) is 31.3 Å². The number of aliphatic hydroxyl groups excluding tert-OH is 3. The lowest BCUT2D eigenvalue weighted by Crippen LogP contribution is -2.32. The third-order valence-electron chi connectivity index (χ3n) is 3.17. The molecule has 5 N–H and O–H groups in total. The highest BCUT2D eigenvalue weighted by atomic mass is 35.5. The molecule has 1 aromatic heterocycles. The molecule has 0 saturated carbocycles. The highest BCUT2D eigenvalue weighted by Gasteiger charge is 2.45. The first-order valence-electron chi connectivity index (χ1n) is 6.53. The van der Waals surface area contributed by atoms with Crippen LogP contribution in [0.2, 0.25) is 5.15 Å². The van der Waals surface area contributed by atoms with Crippen molar-refractivity contribution in [3.05, 3.63) is 16.5 Å². The number of rotatable bonds is 5. The fraction of sp³-hybridized carbons (Fsp3) is 0.583. The van der Waals surface area contributed by atoms with Crippen LogP contribution in [0.5, 0.6) is 5.88 Å². The Morgan fingerprint density at radius 1 is 1.41 bits per heavy atom. The van der Waals surface area contributed by atoms with Crippen LogP contribution in [0.4, 0.5) is 0 Å². The minimum Gasteiger partial charge on any atom is -0.477 e. The summed E-state index contributed by atoms with van der Waals surface area (Å²) in [5.74, 6) is -0.958. The molecular weight excluding hydrogens is 318 g/mol. The van der Waals surface area contributed by atoms with E-state index in [1.54, 1.807) is 6.92 Å². The Balaban J connectivity index is 2.48. The molecule has 0 spiro atoms. The molecule has 1 aliphatic heterocycles. The van der Waals surface area contributed by atoms with Crippen LogP contribution < -0.4 is 10.5 Å². The van der Waals surface area contributed by atoms with E-state index in [2.05, 4.69) is 9.97 Å². The summed E-state index contributed by atoms with van der Waals surface area (Å²) < 4.78 is 10.6. The van der Waals surface area contributed by atoms with Gasteiger partial charge in [-0.1, -0.05) is 11.6 Å². The van der Waals surface area contributed by atoms with Gasteiger partial charge in [-0.25, -0.2) is 4.98 Å². The van der Waals surface area contributed by atoms with Gasteiger partial charge < -0.3 is 30.5 Å². The number of amides is 1. The van der Waals surface area contributed by atoms with Crippen molar-refractivity contribution >= 4 is 17.5 Å². The number of hydrogen-bond acceptors (Lipinski definition) is 8. The molecule has 10 heteroatoms. The lowest BCUT2D eigenvalue weighted by atomic mass is 10.1. The van der Waals surface area contributed by atoms with Gasteiger partial charge in [-0.3, -0.25) is 4.79 Å². The zero-order valence-electron chi connectivity index (χ0n) is 11.6. The number of halogens is 1. The first-order chi connectivity index (χ1) is 10.4. The second-order valence-corrected chi connectivity index (χ2v) is 4.97. The minimum atomic E-state index is -1.38. The van der Waals surface area contributed by atoms with Crippen molar-refractivity contribution in [2.24, 2.45) is 5.73 Å². The summed E-state index contributed by atoms with van der Waals surface area (Å²) in [5.41, 5.74) is 4.83. The van der Waals surface area contributed by atoms with Crippen molar-refractivity contribution in [3.8, 4) is 5.88 Å². The van der Waals surface area contributed by atoms with E-state index in [0.717, 1.165) is 0 Å². The van der Waals surface area contributed by atoms with E-state index in [1.807, 2.05) is 0 Å². The average molecular weight is 334 g/mol. The van der Waals surface area contributed by atoms with Gasteiger partial charge in [-0.2, -0.15) is 4.98 Å². The van der Waals surface area contributed by atoms with Crippen molar-refractivity contribution < 1.29 is 29.6 Å². The van der Waals surface area contributed by atoms with E-state index in [9.17, 15) is 15.0 Å². The van der Waals surface area contributed by atoms with E-state index in [1.165, 1.54) is 0 Å². The number of aliphatic hydroxyl groups is 3. The van der Waals surface area contributed by atoms with Crippen LogP contribution in [0.25, 0.3) is 0 Å². The molecule has 0 bridgehead atoms. The van der Waals surface area contributed by atoms with Gasteiger partial charge in [0.1, 0.15) is 30.1 Å². The second-order valence-electron chi connectivity index (χ2n) is 4.61. The number of hydrogen-bond donors (Lipinski definition) is 4. The SMILES string of the molecule is CCOc1nc(Cl)c(C(N)=O)nc1[C@@H]1O[C@H](CO)[C@@H](O)[C@H]1O. The van der Waals surface area contributed by atoms with Gasteiger partial charge in [0, 0.05) is 0 Å². The Bertz CT molecular complexity index is 572. The van der Waals surface area contributed by atoms with Gasteiger partial charge >= 0.3 is 0 Å². The standard InChI is InChI=1S/C12H16ClN3O6/c1-2-21-12-5(15-6(11(14)20)10(13)16-12)9-8(19)7(18)4(3-17)22-9/h4,7-9,17-19H,2-3H2,1H3,(H2,14,20)/t4-,7-,8-,9+/m1/s1. The fourth-order valence-corrected chi connectivity index (χ4v) is 2.34. The third kappa shape index (κ3) is 2.99. The van der Waals surface area contributed by atoms with Crippen LogP contribution in [0, 0.1) is 0 Å². The number of carbonyl (C=O) groups is 1. The Kier molecular flexibility index (Phi) is 5.14. The van der Waals surface area contributed by atoms with E-state index >= 15 is 0 Å². The lowest BCUT2D eigenvalue weighted by Gasteiger charge is -2.17. The summed E-state index contributed by atoms with van der Waals surface area (Å²) in [4.78, 5) is 19.2. The van der Waals surface area contributed by atoms with Gasteiger partial charge in [0.05, 0.1) is 13.2 Å². The maximum absolute atomic E-state index is 11.3. The predicted octanol–water partition coefficient (Wildman–Crippen LogP) is -1.22. The Morgan fingerprint density at radius 3 is 2.59 bits per heavy atom. The summed E-state index contributed by atoms with van der Waals surface area (Å²) in [6, 6.07) is 0. The van der Waals surface area contributed by atoms with Crippen LogP contribution in [0.15, 0.2) is 0 Å². The van der Waals surface area contributed by atoms with Crippen molar-refractivity contribution in [2.75, 3.05) is 13.2 Å². The number of primary amides is 1. The molecule has 1 amide bonds. The number of carbonyl (C=O) groups excluding carboxylic acids is 1. The predicted molar refractivity (Wildman–Crippen MR) is 73.4 cm³/mol. The molecule has 1 aliphatic rings. The Morgan fingerprint density at radius 2 is 2.09 bits per heavy atom. The largest absolute Gasteiger partial charge is 0.477 e. The van der Waals surface area contributed by atoms with Gasteiger partial charge in [0.25, 0.3) is 5.91 Å². The second kappa shape index (κ2) is 6.71. The smallest absolute Gasteiger partial charge is 0.270 e. The molecule has 2 heterocycles. The summed E-state index contributed by atoms with van der Waals surface area (Å²) >= 11 is 5.81. The van der Waals surface area contributed by atoms with Crippen LogP contribution in [-0.2, 0) is 4.74 Å². The molecular formula is C12H16ClN3O6. The number of nitrogens with two attached hydrogens (primary N) is 1. The van der Waals surface area contributed by atoms with E-state index < -0.39 is 36.9 Å². The Labute approximate surface area is 130 Å². The lowest BCUT2D eigenvalue weighted by molar-refractivity contribution is -0.0249. The van der Waals surface area contributed by atoms with Crippen molar-refractivity contribution in [1.29, 1.82) is 0 Å². The van der Waals surface area contributed by atoms with E-state index in [-0.39, 0.29) is 29.0 Å². The minimum absolute atomic E-state index is 0.0254. The van der Waals surface area contributed by atoms with Crippen LogP contribution in [0.1, 0.15) is 29.2 Å². The zero-order chi connectivity index (χ0) is 16.4. The average Bonchev–Trinajstić information content (AvgIpc) is 2.75. The molecule has 9 nitrogen and oxygen atoms in total. The molecule has 22 heavy (non-hydrogen) atoms. The van der Waals surface area contributed by atoms with Gasteiger partial charge in [0.2, 0.25) is 5.88 Å². The van der Waals surface area contributed by atoms with Crippen LogP contribution in [0.3, 0.4) is 0 Å². The maximum Gasteiger partial charge on any atom is 0.270 e. The third-order valence-corrected chi connectivity index (χ3v) is 3.44. The number of ether oxygens (including phenoxy) is 2. The fourth-order valence-electron chi connectivity index (χ4n) is 2.12. The van der Waals surface area contributed by atoms with E-state index in [4.69, 9.17) is 31.9 Å². The molecule has 122 valence electrons. The first-order valence-corrected chi connectivity index (χ1v) is 6.91.